The third-order valence-corrected chi connectivity index (χ3v) is 5.00. The van der Waals surface area contributed by atoms with E-state index in [4.69, 9.17) is 4.74 Å². The number of aliphatic hydroxyl groups is 1. The van der Waals surface area contributed by atoms with Gasteiger partial charge in [0, 0.05) is 17.6 Å². The van der Waals surface area contributed by atoms with Crippen LogP contribution in [0.3, 0.4) is 0 Å². The molecule has 1 saturated heterocycles. The highest BCUT2D eigenvalue weighted by Gasteiger charge is 2.37. The molecule has 1 aliphatic heterocycles. The summed E-state index contributed by atoms with van der Waals surface area (Å²) in [7, 11) is -3.59. The van der Waals surface area contributed by atoms with Crippen LogP contribution in [0, 0.1) is 0 Å². The molecule has 0 atom stereocenters. The van der Waals surface area contributed by atoms with Crippen LogP contribution in [-0.4, -0.2) is 43.6 Å². The summed E-state index contributed by atoms with van der Waals surface area (Å²) in [6, 6.07) is 4.87. The molecule has 0 aliphatic carbocycles. The highest BCUT2D eigenvalue weighted by molar-refractivity contribution is 9.10. The molecule has 0 radical (unpaired) electrons. The quantitative estimate of drug-likeness (QED) is 0.898. The van der Waals surface area contributed by atoms with Gasteiger partial charge in [0.2, 0.25) is 10.0 Å². The second-order valence-corrected chi connectivity index (χ2v) is 6.82. The molecule has 0 spiro atoms. The number of rotatable bonds is 4. The van der Waals surface area contributed by atoms with Gasteiger partial charge in [-0.25, -0.2) is 8.42 Å². The second kappa shape index (κ2) is 5.16. The molecule has 1 aromatic carbocycles. The van der Waals surface area contributed by atoms with Gasteiger partial charge >= 0.3 is 0 Å². The van der Waals surface area contributed by atoms with Gasteiger partial charge in [0.15, 0.2) is 0 Å². The molecule has 0 amide bonds. The Bertz CT molecular complexity index is 540. The number of β-amino-alcohol motifs (C(OH)–C–C–N with tert-alkyl or cyclic N) is 1. The average Bonchev–Trinajstić information content (AvgIpc) is 2.27. The van der Waals surface area contributed by atoms with Crippen molar-refractivity contribution < 1.29 is 18.3 Å². The van der Waals surface area contributed by atoms with Gasteiger partial charge < -0.3 is 9.84 Å². The molecule has 100 valence electrons. The van der Waals surface area contributed by atoms with Crippen molar-refractivity contribution in [2.24, 2.45) is 0 Å². The molecule has 1 aromatic rings. The van der Waals surface area contributed by atoms with Crippen molar-refractivity contribution in [3.63, 3.8) is 0 Å². The van der Waals surface area contributed by atoms with E-state index in [0.717, 1.165) is 0 Å². The Morgan fingerprint density at radius 3 is 2.72 bits per heavy atom. The monoisotopic (exact) mass is 335 g/mol. The van der Waals surface area contributed by atoms with E-state index in [2.05, 4.69) is 15.9 Å². The maximum absolute atomic E-state index is 12.3. The highest BCUT2D eigenvalue weighted by atomic mass is 79.9. The smallest absolute Gasteiger partial charge is 0.246 e. The number of nitrogens with zero attached hydrogens (tertiary/aromatic N) is 1. The third-order valence-electron chi connectivity index (χ3n) is 2.65. The number of hydrogen-bond acceptors (Lipinski definition) is 4. The lowest BCUT2D eigenvalue weighted by molar-refractivity contribution is 0.0546. The molecule has 0 aromatic heterocycles. The number of hydrogen-bond donors (Lipinski definition) is 1. The summed E-state index contributed by atoms with van der Waals surface area (Å²) < 4.78 is 31.9. The Balaban J connectivity index is 2.39. The van der Waals surface area contributed by atoms with Crippen LogP contribution >= 0.6 is 15.9 Å². The highest BCUT2D eigenvalue weighted by Crippen LogP contribution is 2.31. The molecular formula is C11H14BrNO4S. The Morgan fingerprint density at radius 1 is 1.50 bits per heavy atom. The first-order valence-corrected chi connectivity index (χ1v) is 7.79. The van der Waals surface area contributed by atoms with Gasteiger partial charge in [0.25, 0.3) is 0 Å². The Kier molecular flexibility index (Phi) is 3.96. The number of halogens is 1. The topological polar surface area (TPSA) is 66.8 Å². The number of ether oxygens (including phenoxy) is 1. The van der Waals surface area contributed by atoms with E-state index in [1.165, 1.54) is 10.4 Å². The van der Waals surface area contributed by atoms with Gasteiger partial charge in [-0.05, 0) is 25.1 Å². The van der Waals surface area contributed by atoms with Crippen molar-refractivity contribution in [3.05, 3.63) is 22.7 Å². The SMILES string of the molecule is CCOc1ccc(Br)cc1S(=O)(=O)N1CC(O)C1. The van der Waals surface area contributed by atoms with E-state index in [-0.39, 0.29) is 18.0 Å². The normalized spacial score (nSPS) is 17.5. The lowest BCUT2D eigenvalue weighted by atomic mass is 10.2. The van der Waals surface area contributed by atoms with Crippen LogP contribution in [0.4, 0.5) is 0 Å². The fourth-order valence-electron chi connectivity index (χ4n) is 1.71. The molecule has 1 aliphatic rings. The molecule has 1 fully saturated rings. The summed E-state index contributed by atoms with van der Waals surface area (Å²) in [5.41, 5.74) is 0. The fraction of sp³-hybridized carbons (Fsp3) is 0.455. The molecular weight excluding hydrogens is 322 g/mol. The predicted octanol–water partition coefficient (Wildman–Crippen LogP) is 1.21. The first kappa shape index (κ1) is 13.8. The maximum atomic E-state index is 12.3. The van der Waals surface area contributed by atoms with Crippen LogP contribution in [0.5, 0.6) is 5.75 Å². The molecule has 0 unspecified atom stereocenters. The zero-order chi connectivity index (χ0) is 13.3. The van der Waals surface area contributed by atoms with Crippen LogP contribution in [0.25, 0.3) is 0 Å². The van der Waals surface area contributed by atoms with Crippen molar-refractivity contribution in [1.29, 1.82) is 0 Å². The third kappa shape index (κ3) is 2.54. The van der Waals surface area contributed by atoms with E-state index in [9.17, 15) is 13.5 Å². The molecule has 0 bridgehead atoms. The number of sulfonamides is 1. The summed E-state index contributed by atoms with van der Waals surface area (Å²) in [6.45, 7) is 2.47. The van der Waals surface area contributed by atoms with E-state index in [1.54, 1.807) is 19.1 Å². The van der Waals surface area contributed by atoms with Crippen LogP contribution in [0.1, 0.15) is 6.92 Å². The molecule has 2 rings (SSSR count). The fourth-order valence-corrected chi connectivity index (χ4v) is 3.89. The molecule has 18 heavy (non-hydrogen) atoms. The Labute approximate surface area is 115 Å². The predicted molar refractivity (Wildman–Crippen MR) is 70.1 cm³/mol. The lowest BCUT2D eigenvalue weighted by Gasteiger charge is -2.34. The minimum absolute atomic E-state index is 0.130. The van der Waals surface area contributed by atoms with Crippen molar-refractivity contribution >= 4 is 26.0 Å². The van der Waals surface area contributed by atoms with Crippen LogP contribution in [-0.2, 0) is 10.0 Å². The molecule has 0 saturated carbocycles. The summed E-state index contributed by atoms with van der Waals surface area (Å²) in [6.07, 6.45) is -0.567. The van der Waals surface area contributed by atoms with Gasteiger partial charge in [-0.15, -0.1) is 0 Å². The summed E-state index contributed by atoms with van der Waals surface area (Å²) in [5, 5.41) is 9.21. The average molecular weight is 336 g/mol. The second-order valence-electron chi connectivity index (χ2n) is 4.00. The minimum atomic E-state index is -3.59. The summed E-state index contributed by atoms with van der Waals surface area (Å²) >= 11 is 3.25. The van der Waals surface area contributed by atoms with Crippen molar-refractivity contribution in [3.8, 4) is 5.75 Å². The Hall–Kier alpha value is -0.630. The first-order valence-electron chi connectivity index (χ1n) is 5.55. The van der Waals surface area contributed by atoms with E-state index >= 15 is 0 Å². The van der Waals surface area contributed by atoms with Crippen LogP contribution in [0.15, 0.2) is 27.6 Å². The van der Waals surface area contributed by atoms with E-state index < -0.39 is 16.1 Å². The van der Waals surface area contributed by atoms with E-state index in [0.29, 0.717) is 16.8 Å². The van der Waals surface area contributed by atoms with Crippen molar-refractivity contribution in [2.75, 3.05) is 19.7 Å². The maximum Gasteiger partial charge on any atom is 0.246 e. The van der Waals surface area contributed by atoms with Gasteiger partial charge in [0.1, 0.15) is 10.6 Å². The molecule has 1 N–H and O–H groups in total. The van der Waals surface area contributed by atoms with Crippen molar-refractivity contribution in [1.82, 2.24) is 4.31 Å². The van der Waals surface area contributed by atoms with Crippen molar-refractivity contribution in [2.45, 2.75) is 17.9 Å². The first-order chi connectivity index (χ1) is 8.45. The van der Waals surface area contributed by atoms with Gasteiger partial charge in [-0.2, -0.15) is 4.31 Å². The summed E-state index contributed by atoms with van der Waals surface area (Å²) in [4.78, 5) is 0.130. The standard InChI is InChI=1S/C11H14BrNO4S/c1-2-17-10-4-3-8(12)5-11(10)18(15,16)13-6-9(14)7-13/h3-5,9,14H,2,6-7H2,1H3. The molecule has 5 nitrogen and oxygen atoms in total. The molecule has 1 heterocycles. The number of aliphatic hydroxyl groups excluding tert-OH is 1. The van der Waals surface area contributed by atoms with Gasteiger partial charge in [-0.1, -0.05) is 15.9 Å². The zero-order valence-electron chi connectivity index (χ0n) is 9.84. The lowest BCUT2D eigenvalue weighted by Crippen LogP contribution is -2.53. The largest absolute Gasteiger partial charge is 0.492 e. The Morgan fingerprint density at radius 2 is 2.17 bits per heavy atom. The van der Waals surface area contributed by atoms with Gasteiger partial charge in [-0.3, -0.25) is 0 Å². The molecule has 7 heteroatoms. The summed E-state index contributed by atoms with van der Waals surface area (Å²) in [5.74, 6) is 0.335. The van der Waals surface area contributed by atoms with Gasteiger partial charge in [0.05, 0.1) is 12.7 Å². The zero-order valence-corrected chi connectivity index (χ0v) is 12.2. The minimum Gasteiger partial charge on any atom is -0.492 e. The van der Waals surface area contributed by atoms with Crippen LogP contribution in [0.2, 0.25) is 0 Å². The number of benzene rings is 1. The van der Waals surface area contributed by atoms with E-state index in [1.807, 2.05) is 0 Å². The van der Waals surface area contributed by atoms with Crippen LogP contribution < -0.4 is 4.74 Å².